The van der Waals surface area contributed by atoms with Crippen LogP contribution in [-0.2, 0) is 6.42 Å². The minimum absolute atomic E-state index is 0.0263. The van der Waals surface area contributed by atoms with Crippen LogP contribution in [0, 0.1) is 23.0 Å². The number of phenols is 1. The SMILES string of the molecule is CCc1c(F)ccc2cc(O)cc(-c3ncc4c(N5CCCC(/C(N)=C/C=N)C5)nc(OC[C@@]56CCCN5C[C@H](F)C6)nc4c3F)c12. The number of aromatic hydroxyl groups is 1. The molecule has 3 fully saturated rings. The molecule has 0 spiro atoms. The largest absolute Gasteiger partial charge is 0.508 e. The summed E-state index contributed by atoms with van der Waals surface area (Å²) >= 11 is 0. The summed E-state index contributed by atoms with van der Waals surface area (Å²) in [6.07, 6.45) is 7.41. The van der Waals surface area contributed by atoms with Gasteiger partial charge in [0, 0.05) is 55.6 Å². The van der Waals surface area contributed by atoms with Crippen molar-refractivity contribution < 1.29 is 23.0 Å². The molecule has 0 saturated carbocycles. The van der Waals surface area contributed by atoms with Crippen LogP contribution in [0.1, 0.15) is 44.6 Å². The number of anilines is 1. The first-order valence-corrected chi connectivity index (χ1v) is 16.2. The van der Waals surface area contributed by atoms with Crippen LogP contribution in [0.25, 0.3) is 32.9 Å². The van der Waals surface area contributed by atoms with Crippen LogP contribution < -0.4 is 15.4 Å². The van der Waals surface area contributed by atoms with Crippen LogP contribution in [0.4, 0.5) is 19.0 Å². The number of pyridine rings is 1. The first-order valence-electron chi connectivity index (χ1n) is 16.2. The second-order valence-electron chi connectivity index (χ2n) is 13.0. The van der Waals surface area contributed by atoms with Gasteiger partial charge in [0.25, 0.3) is 0 Å². The van der Waals surface area contributed by atoms with Gasteiger partial charge in [-0.3, -0.25) is 9.88 Å². The fourth-order valence-corrected chi connectivity index (χ4v) is 7.87. The highest BCUT2D eigenvalue weighted by molar-refractivity contribution is 6.01. The number of phenolic OH excluding ortho intramolecular Hbond substituents is 1. The van der Waals surface area contributed by atoms with E-state index in [1.165, 1.54) is 30.6 Å². The summed E-state index contributed by atoms with van der Waals surface area (Å²) < 4.78 is 52.6. The molecule has 1 unspecified atom stereocenters. The molecule has 2 aromatic heterocycles. The number of rotatable bonds is 8. The van der Waals surface area contributed by atoms with Gasteiger partial charge in [0.2, 0.25) is 0 Å². The van der Waals surface area contributed by atoms with Crippen molar-refractivity contribution in [3.63, 3.8) is 0 Å². The molecule has 0 amide bonds. The monoisotopic (exact) mass is 645 g/mol. The second kappa shape index (κ2) is 12.3. The number of halogens is 3. The van der Waals surface area contributed by atoms with Crippen molar-refractivity contribution in [3.05, 3.63) is 59.4 Å². The number of alkyl halides is 1. The van der Waals surface area contributed by atoms with Gasteiger partial charge in [-0.15, -0.1) is 0 Å². The maximum absolute atomic E-state index is 16.9. The van der Waals surface area contributed by atoms with Crippen LogP contribution in [0.2, 0.25) is 0 Å². The number of hydrogen-bond donors (Lipinski definition) is 3. The molecule has 9 nitrogen and oxygen atoms in total. The summed E-state index contributed by atoms with van der Waals surface area (Å²) in [6.45, 7) is 4.28. The maximum Gasteiger partial charge on any atom is 0.319 e. The van der Waals surface area contributed by atoms with Crippen molar-refractivity contribution in [2.75, 3.05) is 37.7 Å². The van der Waals surface area contributed by atoms with E-state index in [9.17, 15) is 13.9 Å². The van der Waals surface area contributed by atoms with Crippen molar-refractivity contribution >= 4 is 33.7 Å². The highest BCUT2D eigenvalue weighted by Crippen LogP contribution is 2.42. The molecule has 4 N–H and O–H groups in total. The fourth-order valence-electron chi connectivity index (χ4n) is 7.87. The third-order valence-electron chi connectivity index (χ3n) is 10.1. The second-order valence-corrected chi connectivity index (χ2v) is 13.0. The van der Waals surface area contributed by atoms with Crippen molar-refractivity contribution in [2.45, 2.75) is 57.2 Å². The molecule has 4 aromatic rings. The zero-order valence-corrected chi connectivity index (χ0v) is 26.3. The molecule has 3 aliphatic rings. The Morgan fingerprint density at radius 2 is 2.04 bits per heavy atom. The minimum atomic E-state index is -0.933. The molecular weight excluding hydrogens is 607 g/mol. The Kier molecular flexibility index (Phi) is 8.15. The smallest absolute Gasteiger partial charge is 0.319 e. The molecule has 246 valence electrons. The lowest BCUT2D eigenvalue weighted by Gasteiger charge is -2.34. The molecule has 0 aliphatic carbocycles. The number of nitrogens with two attached hydrogens (primary N) is 1. The van der Waals surface area contributed by atoms with E-state index in [-0.39, 0.29) is 41.1 Å². The number of nitrogens with zero attached hydrogens (tertiary/aromatic N) is 5. The van der Waals surface area contributed by atoms with Crippen molar-refractivity contribution in [3.8, 4) is 23.0 Å². The van der Waals surface area contributed by atoms with Crippen molar-refractivity contribution in [1.82, 2.24) is 19.9 Å². The molecule has 7 rings (SSSR count). The zero-order valence-electron chi connectivity index (χ0n) is 26.3. The van der Waals surface area contributed by atoms with Gasteiger partial charge in [-0.25, -0.2) is 13.2 Å². The predicted octanol–water partition coefficient (Wildman–Crippen LogP) is 6.05. The van der Waals surface area contributed by atoms with Crippen molar-refractivity contribution in [1.29, 1.82) is 5.41 Å². The van der Waals surface area contributed by atoms with Crippen LogP contribution in [0.5, 0.6) is 11.8 Å². The summed E-state index contributed by atoms with van der Waals surface area (Å²) in [6, 6.07) is 5.78. The van der Waals surface area contributed by atoms with E-state index in [2.05, 4.69) is 14.9 Å². The Labute approximate surface area is 270 Å². The van der Waals surface area contributed by atoms with E-state index in [1.807, 2.05) is 11.8 Å². The molecule has 3 saturated heterocycles. The van der Waals surface area contributed by atoms with E-state index in [0.717, 1.165) is 32.2 Å². The fraction of sp³-hybridized carbons (Fsp3) is 0.429. The van der Waals surface area contributed by atoms with Gasteiger partial charge in [-0.1, -0.05) is 13.0 Å². The molecule has 0 bridgehead atoms. The Morgan fingerprint density at radius 3 is 2.85 bits per heavy atom. The van der Waals surface area contributed by atoms with Crippen LogP contribution in [0.15, 0.2) is 42.2 Å². The van der Waals surface area contributed by atoms with E-state index in [0.29, 0.717) is 65.7 Å². The third-order valence-corrected chi connectivity index (χ3v) is 10.1. The summed E-state index contributed by atoms with van der Waals surface area (Å²) in [7, 11) is 0. The highest BCUT2D eigenvalue weighted by atomic mass is 19.1. The average Bonchev–Trinajstić information content (AvgIpc) is 3.59. The van der Waals surface area contributed by atoms with E-state index in [1.54, 1.807) is 12.1 Å². The third kappa shape index (κ3) is 5.52. The molecule has 0 radical (unpaired) electrons. The van der Waals surface area contributed by atoms with Gasteiger partial charge in [-0.2, -0.15) is 9.97 Å². The average molecular weight is 646 g/mol. The first kappa shape index (κ1) is 31.2. The first-order chi connectivity index (χ1) is 22.7. The molecular formula is C35H38F3N7O2. The number of nitrogens with one attached hydrogen (secondary N) is 1. The van der Waals surface area contributed by atoms with Gasteiger partial charge in [0.1, 0.15) is 41.4 Å². The Balaban J connectivity index is 1.37. The van der Waals surface area contributed by atoms with E-state index >= 15 is 4.39 Å². The predicted molar refractivity (Wildman–Crippen MR) is 176 cm³/mol. The number of ether oxygens (including phenoxy) is 1. The Morgan fingerprint density at radius 1 is 1.19 bits per heavy atom. The number of fused-ring (bicyclic) bond motifs is 3. The van der Waals surface area contributed by atoms with Gasteiger partial charge < -0.3 is 25.9 Å². The molecule has 12 heteroatoms. The van der Waals surface area contributed by atoms with Gasteiger partial charge in [0.15, 0.2) is 5.82 Å². The highest BCUT2D eigenvalue weighted by Gasteiger charge is 2.49. The van der Waals surface area contributed by atoms with Crippen LogP contribution in [-0.4, -0.2) is 75.7 Å². The Bertz CT molecular complexity index is 1900. The quantitative estimate of drug-likeness (QED) is 0.198. The van der Waals surface area contributed by atoms with Crippen LogP contribution in [0.3, 0.4) is 0 Å². The van der Waals surface area contributed by atoms with E-state index < -0.39 is 23.3 Å². The summed E-state index contributed by atoms with van der Waals surface area (Å²) in [5.74, 6) is -0.882. The van der Waals surface area contributed by atoms with Gasteiger partial charge in [-0.05, 0) is 79.3 Å². The topological polar surface area (TPSA) is 124 Å². The molecule has 2 aromatic carbocycles. The minimum Gasteiger partial charge on any atom is -0.508 e. The lowest BCUT2D eigenvalue weighted by atomic mass is 9.94. The normalized spacial score (nSPS) is 23.5. The molecule has 3 atom stereocenters. The van der Waals surface area contributed by atoms with E-state index in [4.69, 9.17) is 20.9 Å². The molecule has 3 aliphatic heterocycles. The number of hydrogen-bond acceptors (Lipinski definition) is 9. The van der Waals surface area contributed by atoms with Gasteiger partial charge in [0.05, 0.1) is 10.9 Å². The van der Waals surface area contributed by atoms with Crippen molar-refractivity contribution in [2.24, 2.45) is 11.7 Å². The molecule has 47 heavy (non-hydrogen) atoms. The summed E-state index contributed by atoms with van der Waals surface area (Å²) in [5.41, 5.74) is 6.96. The zero-order chi connectivity index (χ0) is 32.9. The number of benzene rings is 2. The number of aryl methyl sites for hydroxylation is 1. The number of piperidine rings is 1. The number of allylic oxidation sites excluding steroid dienone is 1. The molecule has 5 heterocycles. The van der Waals surface area contributed by atoms with Crippen LogP contribution >= 0.6 is 0 Å². The van der Waals surface area contributed by atoms with Gasteiger partial charge >= 0.3 is 6.01 Å². The Hall–Kier alpha value is -4.45. The lowest BCUT2D eigenvalue weighted by Crippen LogP contribution is -2.43. The standard InChI is InChI=1S/C35H38F3N7O2/c1-2-24-27(37)7-6-20-13-23(46)14-25(29(20)24)31-30(38)32-26(16-41-31)33(44-11-3-5-21(17-44)28(40)8-10-39)43-34(42-32)47-19-35-9-4-12-45(35)18-22(36)15-35/h6-8,10,13-14,16,21-22,39,46H,2-5,9,11-12,15,17-19,40H2,1H3/b28-8-,39-10?/t21?,22-,35+/m1/s1. The lowest BCUT2D eigenvalue weighted by molar-refractivity contribution is 0.107. The summed E-state index contributed by atoms with van der Waals surface area (Å²) in [4.78, 5) is 18.0. The maximum atomic E-state index is 16.9. The summed E-state index contributed by atoms with van der Waals surface area (Å²) in [5, 5.41) is 19.4. The number of aromatic nitrogens is 3.